The van der Waals surface area contributed by atoms with E-state index in [-0.39, 0.29) is 5.95 Å². The number of rotatable bonds is 2. The smallest absolute Gasteiger partial charge is 0.223 e. The van der Waals surface area contributed by atoms with Gasteiger partial charge in [-0.3, -0.25) is 9.35 Å². The van der Waals surface area contributed by atoms with Crippen LogP contribution in [0.15, 0.2) is 30.6 Å². The third kappa shape index (κ3) is 3.25. The predicted octanol–water partition coefficient (Wildman–Crippen LogP) is 0.0590. The number of hydrogen-bond acceptors (Lipinski definition) is 5. The van der Waals surface area contributed by atoms with E-state index in [0.29, 0.717) is 5.82 Å². The zero-order valence-electron chi connectivity index (χ0n) is 9.78. The Labute approximate surface area is 105 Å². The fraction of sp³-hybridized carbons (Fsp3) is 0.0909. The van der Waals surface area contributed by atoms with Crippen LogP contribution in [-0.4, -0.2) is 30.8 Å². The fourth-order valence-corrected chi connectivity index (χ4v) is 2.16. The lowest BCUT2D eigenvalue weighted by molar-refractivity contribution is 0.686. The van der Waals surface area contributed by atoms with Crippen LogP contribution in [-0.2, 0) is 9.71 Å². The maximum Gasteiger partial charge on any atom is 0.223 e. The minimum Gasteiger partial charge on any atom is -0.368 e. The van der Waals surface area contributed by atoms with E-state index >= 15 is 0 Å². The second-order valence-corrected chi connectivity index (χ2v) is 6.05. The maximum absolute atomic E-state index is 11.5. The molecule has 0 radical (unpaired) electrons. The van der Waals surface area contributed by atoms with Crippen LogP contribution in [0.1, 0.15) is 5.56 Å². The van der Waals surface area contributed by atoms with Crippen LogP contribution >= 0.6 is 0 Å². The normalized spacial score (nSPS) is 13.9. The third-order valence-electron chi connectivity index (χ3n) is 2.11. The molecule has 0 fully saturated rings. The lowest BCUT2D eigenvalue weighted by Gasteiger charge is -2.02. The summed E-state index contributed by atoms with van der Waals surface area (Å²) in [7, 11) is -2.44. The van der Waals surface area contributed by atoms with Crippen molar-refractivity contribution in [1.82, 2.24) is 15.0 Å². The Morgan fingerprint density at radius 3 is 2.78 bits per heavy atom. The Morgan fingerprint density at radius 2 is 2.11 bits per heavy atom. The van der Waals surface area contributed by atoms with Gasteiger partial charge in [-0.2, -0.15) is 4.98 Å². The largest absolute Gasteiger partial charge is 0.368 e. The van der Waals surface area contributed by atoms with Crippen LogP contribution in [0, 0.1) is 0 Å². The zero-order valence-corrected chi connectivity index (χ0v) is 10.6. The van der Waals surface area contributed by atoms with Gasteiger partial charge in [0, 0.05) is 26.9 Å². The van der Waals surface area contributed by atoms with E-state index in [2.05, 4.69) is 15.0 Å². The van der Waals surface area contributed by atoms with Crippen molar-refractivity contribution in [3.8, 4) is 11.4 Å². The molecule has 1 aromatic carbocycles. The topological polar surface area (TPSA) is 108 Å². The van der Waals surface area contributed by atoms with Crippen LogP contribution in [0.4, 0.5) is 5.95 Å². The lowest BCUT2D eigenvalue weighted by Crippen LogP contribution is -2.12. The van der Waals surface area contributed by atoms with Gasteiger partial charge in [-0.05, 0) is 11.6 Å². The van der Waals surface area contributed by atoms with Crippen molar-refractivity contribution in [1.29, 1.82) is 0 Å². The number of nitrogens with two attached hydrogens (primary N) is 2. The van der Waals surface area contributed by atoms with E-state index in [4.69, 9.17) is 10.9 Å². The number of aromatic nitrogens is 3. The first-order chi connectivity index (χ1) is 8.44. The molecule has 1 aromatic heterocycles. The summed E-state index contributed by atoms with van der Waals surface area (Å²) in [4.78, 5) is 11.8. The highest BCUT2D eigenvalue weighted by Gasteiger charge is 2.03. The summed E-state index contributed by atoms with van der Waals surface area (Å²) in [6, 6.07) is 7.25. The first-order valence-electron chi connectivity index (χ1n) is 5.11. The van der Waals surface area contributed by atoms with Gasteiger partial charge in [-0.15, -0.1) is 0 Å². The van der Waals surface area contributed by atoms with Crippen LogP contribution in [0.2, 0.25) is 0 Å². The van der Waals surface area contributed by atoms with Gasteiger partial charge in [-0.25, -0.2) is 9.97 Å². The average Bonchev–Trinajstić information content (AvgIpc) is 2.27. The van der Waals surface area contributed by atoms with Gasteiger partial charge >= 0.3 is 0 Å². The first-order valence-corrected chi connectivity index (χ1v) is 7.20. The van der Waals surface area contributed by atoms with Gasteiger partial charge in [-0.1, -0.05) is 18.2 Å². The van der Waals surface area contributed by atoms with E-state index in [1.165, 1.54) is 18.0 Å². The standard InChI is InChI=1S/C11H13N5OS/c1-18(13,17)6-8-3-2-4-9(5-8)10-14-7-15-11(12)16-10/h2-7H,1H3,(H2,13,17)(H2,12,14,15,16). The Kier molecular flexibility index (Phi) is 3.26. The minimum atomic E-state index is -2.44. The Hall–Kier alpha value is -1.99. The summed E-state index contributed by atoms with van der Waals surface area (Å²) < 4.78 is 11.5. The van der Waals surface area contributed by atoms with Crippen LogP contribution in [0.3, 0.4) is 0 Å². The van der Waals surface area contributed by atoms with E-state index in [1.54, 1.807) is 6.07 Å². The molecule has 0 saturated carbocycles. The summed E-state index contributed by atoms with van der Waals surface area (Å²) in [5.74, 6) is 0.630. The highest BCUT2D eigenvalue weighted by atomic mass is 32.2. The van der Waals surface area contributed by atoms with Crippen molar-refractivity contribution >= 4 is 21.0 Å². The van der Waals surface area contributed by atoms with Gasteiger partial charge in [0.1, 0.15) is 6.33 Å². The van der Waals surface area contributed by atoms with Crippen molar-refractivity contribution in [2.24, 2.45) is 5.14 Å². The molecule has 18 heavy (non-hydrogen) atoms. The Morgan fingerprint density at radius 1 is 1.33 bits per heavy atom. The number of anilines is 1. The van der Waals surface area contributed by atoms with Gasteiger partial charge in [0.15, 0.2) is 5.82 Å². The van der Waals surface area contributed by atoms with Gasteiger partial charge < -0.3 is 5.73 Å². The van der Waals surface area contributed by atoms with Crippen molar-refractivity contribution in [3.63, 3.8) is 0 Å². The fourth-order valence-electron chi connectivity index (χ4n) is 1.47. The number of benzene rings is 1. The van der Waals surface area contributed by atoms with Crippen LogP contribution in [0.25, 0.3) is 11.4 Å². The van der Waals surface area contributed by atoms with Gasteiger partial charge in [0.25, 0.3) is 0 Å². The van der Waals surface area contributed by atoms with Crippen LogP contribution in [0.5, 0.6) is 0 Å². The second-order valence-electron chi connectivity index (χ2n) is 3.88. The first kappa shape index (κ1) is 12.5. The molecule has 0 bridgehead atoms. The van der Waals surface area contributed by atoms with Crippen molar-refractivity contribution < 1.29 is 4.21 Å². The molecule has 1 atom stereocenters. The van der Waals surface area contributed by atoms with Crippen molar-refractivity contribution in [2.75, 3.05) is 12.0 Å². The third-order valence-corrected chi connectivity index (χ3v) is 2.85. The van der Waals surface area contributed by atoms with Crippen molar-refractivity contribution in [3.05, 3.63) is 36.2 Å². The summed E-state index contributed by atoms with van der Waals surface area (Å²) in [6.45, 7) is 0. The molecule has 7 heteroatoms. The molecular formula is C11H13N5OS. The van der Waals surface area contributed by atoms with Gasteiger partial charge in [0.05, 0.1) is 0 Å². The molecule has 1 unspecified atom stereocenters. The molecule has 0 amide bonds. The van der Waals surface area contributed by atoms with E-state index < -0.39 is 9.71 Å². The predicted molar refractivity (Wildman–Crippen MR) is 73.1 cm³/mol. The molecule has 4 N–H and O–H groups in total. The SMILES string of the molecule is CS(N)(=O)=Cc1cccc(-c2ncnc(N)n2)c1. The summed E-state index contributed by atoms with van der Waals surface area (Å²) >= 11 is 0. The molecular weight excluding hydrogens is 250 g/mol. The molecule has 1 heterocycles. The molecule has 0 saturated heterocycles. The molecule has 2 aromatic rings. The molecule has 0 aliphatic heterocycles. The van der Waals surface area contributed by atoms with Crippen molar-refractivity contribution in [2.45, 2.75) is 0 Å². The monoisotopic (exact) mass is 263 g/mol. The Balaban J connectivity index is 2.48. The summed E-state index contributed by atoms with van der Waals surface area (Å²) in [5.41, 5.74) is 7.02. The number of nitrogen functional groups attached to an aromatic ring is 1. The quantitative estimate of drug-likeness (QED) is 0.745. The number of nitrogens with zero attached hydrogens (tertiary/aromatic N) is 3. The molecule has 0 spiro atoms. The second kappa shape index (κ2) is 4.71. The summed E-state index contributed by atoms with van der Waals surface area (Å²) in [6.07, 6.45) is 2.82. The Bertz CT molecular complexity index is 683. The van der Waals surface area contributed by atoms with E-state index in [9.17, 15) is 4.21 Å². The molecule has 2 rings (SSSR count). The molecule has 0 aliphatic rings. The lowest BCUT2D eigenvalue weighted by atomic mass is 10.1. The highest BCUT2D eigenvalue weighted by Crippen LogP contribution is 2.15. The number of hydrogen-bond donors (Lipinski definition) is 2. The zero-order chi connectivity index (χ0) is 13.2. The average molecular weight is 263 g/mol. The van der Waals surface area contributed by atoms with Gasteiger partial charge in [0.2, 0.25) is 5.95 Å². The van der Waals surface area contributed by atoms with E-state index in [0.717, 1.165) is 11.1 Å². The minimum absolute atomic E-state index is 0.160. The summed E-state index contributed by atoms with van der Waals surface area (Å²) in [5, 5.41) is 7.01. The molecule has 0 aliphatic carbocycles. The van der Waals surface area contributed by atoms with E-state index in [1.807, 2.05) is 18.2 Å². The highest BCUT2D eigenvalue weighted by molar-refractivity contribution is 7.98. The molecule has 6 nitrogen and oxygen atoms in total. The molecule has 94 valence electrons. The van der Waals surface area contributed by atoms with Crippen LogP contribution < -0.4 is 10.9 Å². The maximum atomic E-state index is 11.5.